The molecule has 0 heterocycles. The molecule has 0 rings (SSSR count). The molecule has 7 heteroatoms. The predicted molar refractivity (Wildman–Crippen MR) is 61.8 cm³/mol. The molecule has 0 fully saturated rings. The average molecular weight is 250 g/mol. The number of hydrogen-bond acceptors (Lipinski definition) is 3. The molecule has 0 spiro atoms. The molecule has 0 aromatic rings. The number of hydrogen-bond donors (Lipinski definition) is 3. The zero-order valence-corrected chi connectivity index (χ0v) is 10.7. The molecule has 0 bridgehead atoms. The maximum atomic E-state index is 11.4. The summed E-state index contributed by atoms with van der Waals surface area (Å²) in [6.07, 6.45) is 1.54. The molecule has 0 aliphatic carbocycles. The van der Waals surface area contributed by atoms with E-state index in [9.17, 15) is 13.8 Å². The number of aliphatic carboxylic acids is 1. The normalized spacial score (nSPS) is 15.0. The highest BCUT2D eigenvalue weighted by atomic mass is 32.2. The Balaban J connectivity index is 4.19. The number of amides is 2. The second kappa shape index (κ2) is 5.83. The quantitative estimate of drug-likeness (QED) is 0.635. The van der Waals surface area contributed by atoms with Gasteiger partial charge in [0.1, 0.15) is 5.54 Å². The average Bonchev–Trinajstić information content (AvgIpc) is 1.99. The maximum absolute atomic E-state index is 11.4. The van der Waals surface area contributed by atoms with Gasteiger partial charge in [-0.15, -0.1) is 0 Å². The molecule has 3 N–H and O–H groups in total. The molecular formula is C9H18N2O4S. The molecule has 0 aliphatic rings. The van der Waals surface area contributed by atoms with E-state index < -0.39 is 28.3 Å². The van der Waals surface area contributed by atoms with Crippen molar-refractivity contribution in [2.45, 2.75) is 32.4 Å². The van der Waals surface area contributed by atoms with Crippen LogP contribution in [0.5, 0.6) is 0 Å². The topological polar surface area (TPSA) is 95.5 Å². The third-order valence-corrected chi connectivity index (χ3v) is 2.79. The number of carbonyl (C=O) groups is 2. The van der Waals surface area contributed by atoms with Crippen molar-refractivity contribution >= 4 is 22.8 Å². The van der Waals surface area contributed by atoms with Gasteiger partial charge in [-0.05, 0) is 20.8 Å². The third-order valence-electron chi connectivity index (χ3n) is 1.82. The molecule has 0 aliphatic heterocycles. The molecule has 6 nitrogen and oxygen atoms in total. The van der Waals surface area contributed by atoms with Gasteiger partial charge in [0, 0.05) is 28.9 Å². The predicted octanol–water partition coefficient (Wildman–Crippen LogP) is -0.0842. The second-order valence-corrected chi connectivity index (χ2v) is 5.65. The summed E-state index contributed by atoms with van der Waals surface area (Å²) in [5, 5.41) is 13.6. The van der Waals surface area contributed by atoms with Gasteiger partial charge in [0.25, 0.3) is 0 Å². The molecular weight excluding hydrogens is 232 g/mol. The van der Waals surface area contributed by atoms with Crippen LogP contribution in [-0.2, 0) is 15.6 Å². The van der Waals surface area contributed by atoms with Gasteiger partial charge in [-0.3, -0.25) is 4.21 Å². The third kappa shape index (κ3) is 5.69. The molecule has 2 amide bonds. The maximum Gasteiger partial charge on any atom is 0.328 e. The van der Waals surface area contributed by atoms with E-state index in [-0.39, 0.29) is 6.04 Å². The molecule has 0 aromatic carbocycles. The summed E-state index contributed by atoms with van der Waals surface area (Å²) in [4.78, 5) is 22.1. The Labute approximate surface area is 97.3 Å². The minimum Gasteiger partial charge on any atom is -0.480 e. The molecule has 0 saturated carbocycles. The Morgan fingerprint density at radius 1 is 1.44 bits per heavy atom. The minimum atomic E-state index is -1.32. The first-order valence-electron chi connectivity index (χ1n) is 4.77. The van der Waals surface area contributed by atoms with Crippen molar-refractivity contribution in [3.63, 3.8) is 0 Å². The van der Waals surface area contributed by atoms with E-state index in [0.29, 0.717) is 5.75 Å². The minimum absolute atomic E-state index is 0.268. The van der Waals surface area contributed by atoms with Gasteiger partial charge in [-0.1, -0.05) is 0 Å². The largest absolute Gasteiger partial charge is 0.480 e. The summed E-state index contributed by atoms with van der Waals surface area (Å²) in [5.41, 5.74) is -1.32. The standard InChI is InChI=1S/C9H18N2O4S/c1-6(5-16(4)15)10-8(14)11-9(2,3)7(12)13/h6H,5H2,1-4H3,(H,12,13)(H2,10,11,14). The number of carbonyl (C=O) groups excluding carboxylic acids is 1. The monoisotopic (exact) mass is 250 g/mol. The highest BCUT2D eigenvalue weighted by molar-refractivity contribution is 7.84. The molecule has 0 saturated heterocycles. The van der Waals surface area contributed by atoms with Gasteiger partial charge in [0.15, 0.2) is 0 Å². The first-order valence-corrected chi connectivity index (χ1v) is 6.50. The molecule has 2 atom stereocenters. The van der Waals surface area contributed by atoms with E-state index in [1.807, 2.05) is 0 Å². The van der Waals surface area contributed by atoms with Gasteiger partial charge >= 0.3 is 12.0 Å². The Morgan fingerprint density at radius 2 is 1.94 bits per heavy atom. The van der Waals surface area contributed by atoms with Crippen LogP contribution < -0.4 is 10.6 Å². The Hall–Kier alpha value is -1.11. The molecule has 0 aromatic heterocycles. The lowest BCUT2D eigenvalue weighted by Crippen LogP contribution is -2.55. The summed E-state index contributed by atoms with van der Waals surface area (Å²) in [6.45, 7) is 4.48. The van der Waals surface area contributed by atoms with Crippen LogP contribution >= 0.6 is 0 Å². The first-order chi connectivity index (χ1) is 7.15. The van der Waals surface area contributed by atoms with Gasteiger partial charge < -0.3 is 15.7 Å². The first kappa shape index (κ1) is 14.9. The highest BCUT2D eigenvalue weighted by Crippen LogP contribution is 2.01. The SMILES string of the molecule is CC(CS(C)=O)NC(=O)NC(C)(C)C(=O)O. The van der Waals surface area contributed by atoms with E-state index in [4.69, 9.17) is 5.11 Å². The van der Waals surface area contributed by atoms with Crippen LogP contribution in [-0.4, -0.2) is 44.9 Å². The Bertz CT molecular complexity index is 304. The molecule has 0 radical (unpaired) electrons. The summed E-state index contributed by atoms with van der Waals surface area (Å²) < 4.78 is 10.9. The van der Waals surface area contributed by atoms with Gasteiger partial charge in [0.2, 0.25) is 0 Å². The van der Waals surface area contributed by atoms with E-state index in [1.54, 1.807) is 6.92 Å². The van der Waals surface area contributed by atoms with Crippen LogP contribution in [0.3, 0.4) is 0 Å². The lowest BCUT2D eigenvalue weighted by Gasteiger charge is -2.22. The molecule has 16 heavy (non-hydrogen) atoms. The van der Waals surface area contributed by atoms with Crippen molar-refractivity contribution in [1.82, 2.24) is 10.6 Å². The molecule has 94 valence electrons. The van der Waals surface area contributed by atoms with Crippen molar-refractivity contribution < 1.29 is 18.9 Å². The fourth-order valence-corrected chi connectivity index (χ4v) is 1.78. The van der Waals surface area contributed by atoms with Gasteiger partial charge in [-0.25, -0.2) is 9.59 Å². The lowest BCUT2D eigenvalue weighted by molar-refractivity contribution is -0.142. The van der Waals surface area contributed by atoms with E-state index in [2.05, 4.69) is 10.6 Å². The van der Waals surface area contributed by atoms with Crippen molar-refractivity contribution in [2.24, 2.45) is 0 Å². The van der Waals surface area contributed by atoms with E-state index in [1.165, 1.54) is 20.1 Å². The summed E-state index contributed by atoms with van der Waals surface area (Å²) in [5.74, 6) is -0.782. The Kier molecular flexibility index (Phi) is 5.43. The van der Waals surface area contributed by atoms with Crippen LogP contribution in [0, 0.1) is 0 Å². The number of carboxylic acid groups (broad SMARTS) is 1. The lowest BCUT2D eigenvalue weighted by atomic mass is 10.1. The second-order valence-electron chi connectivity index (χ2n) is 4.17. The van der Waals surface area contributed by atoms with Crippen molar-refractivity contribution in [3.8, 4) is 0 Å². The number of urea groups is 1. The number of rotatable bonds is 5. The van der Waals surface area contributed by atoms with Crippen molar-refractivity contribution in [1.29, 1.82) is 0 Å². The van der Waals surface area contributed by atoms with Gasteiger partial charge in [0.05, 0.1) is 0 Å². The van der Waals surface area contributed by atoms with Gasteiger partial charge in [-0.2, -0.15) is 0 Å². The summed E-state index contributed by atoms with van der Waals surface area (Å²) >= 11 is 0. The molecule has 2 unspecified atom stereocenters. The fourth-order valence-electron chi connectivity index (χ4n) is 0.991. The fraction of sp³-hybridized carbons (Fsp3) is 0.778. The number of nitrogens with one attached hydrogen (secondary N) is 2. The van der Waals surface area contributed by atoms with Crippen LogP contribution in [0.1, 0.15) is 20.8 Å². The van der Waals surface area contributed by atoms with Crippen molar-refractivity contribution in [2.75, 3.05) is 12.0 Å². The number of carboxylic acids is 1. The van der Waals surface area contributed by atoms with E-state index >= 15 is 0 Å². The Morgan fingerprint density at radius 3 is 2.31 bits per heavy atom. The summed E-state index contributed by atoms with van der Waals surface area (Å²) in [7, 11) is -1.00. The van der Waals surface area contributed by atoms with Crippen LogP contribution in [0.2, 0.25) is 0 Å². The zero-order valence-electron chi connectivity index (χ0n) is 9.86. The zero-order chi connectivity index (χ0) is 12.9. The van der Waals surface area contributed by atoms with Crippen LogP contribution in [0.4, 0.5) is 4.79 Å². The highest BCUT2D eigenvalue weighted by Gasteiger charge is 2.29. The summed E-state index contributed by atoms with van der Waals surface area (Å²) in [6, 6.07) is -0.847. The van der Waals surface area contributed by atoms with E-state index in [0.717, 1.165) is 0 Å². The van der Waals surface area contributed by atoms with Crippen molar-refractivity contribution in [3.05, 3.63) is 0 Å². The van der Waals surface area contributed by atoms with Crippen LogP contribution in [0.25, 0.3) is 0 Å². The smallest absolute Gasteiger partial charge is 0.328 e. The van der Waals surface area contributed by atoms with Crippen LogP contribution in [0.15, 0.2) is 0 Å².